The number of hydrogen-bond donors (Lipinski definition) is 1. The Hall–Kier alpha value is -3.65. The minimum atomic E-state index is -2.66. The summed E-state index contributed by atoms with van der Waals surface area (Å²) >= 11 is 0. The number of aromatic nitrogens is 1. The lowest BCUT2D eigenvalue weighted by molar-refractivity contribution is -0.126. The van der Waals surface area contributed by atoms with Gasteiger partial charge in [0.25, 0.3) is 11.5 Å². The van der Waals surface area contributed by atoms with E-state index < -0.39 is 18.0 Å². The van der Waals surface area contributed by atoms with Crippen molar-refractivity contribution in [3.05, 3.63) is 93.9 Å². The number of benzene rings is 2. The van der Waals surface area contributed by atoms with Gasteiger partial charge >= 0.3 is 0 Å². The molecule has 42 heavy (non-hydrogen) atoms. The zero-order valence-electron chi connectivity index (χ0n) is 24.9. The molecule has 4 rings (SSSR count). The Kier molecular flexibility index (Phi) is 10.1. The molecule has 0 spiro atoms. The summed E-state index contributed by atoms with van der Waals surface area (Å²) < 4.78 is 28.7. The Morgan fingerprint density at radius 1 is 1.05 bits per heavy atom. The van der Waals surface area contributed by atoms with Crippen molar-refractivity contribution in [2.45, 2.75) is 71.4 Å². The van der Waals surface area contributed by atoms with Crippen molar-refractivity contribution in [1.29, 1.82) is 0 Å². The van der Waals surface area contributed by atoms with Crippen LogP contribution >= 0.6 is 0 Å². The Balaban J connectivity index is 1.59. The molecule has 0 aliphatic carbocycles. The molecule has 1 aromatic heterocycles. The summed E-state index contributed by atoms with van der Waals surface area (Å²) in [7, 11) is 0. The number of amides is 1. The van der Waals surface area contributed by atoms with E-state index in [9.17, 15) is 23.2 Å². The molecule has 0 radical (unpaired) electrons. The molecule has 0 saturated carbocycles. The topological polar surface area (TPSA) is 71.4 Å². The quantitative estimate of drug-likeness (QED) is 0.281. The predicted octanol–water partition coefficient (Wildman–Crippen LogP) is 6.13. The molecule has 1 saturated heterocycles. The summed E-state index contributed by atoms with van der Waals surface area (Å²) in [5.41, 5.74) is 4.50. The Bertz CT molecular complexity index is 1470. The van der Waals surface area contributed by atoms with Gasteiger partial charge in [0, 0.05) is 38.2 Å². The van der Waals surface area contributed by atoms with Crippen molar-refractivity contribution in [1.82, 2.24) is 14.8 Å². The highest BCUT2D eigenvalue weighted by Crippen LogP contribution is 2.29. The van der Waals surface area contributed by atoms with E-state index >= 15 is 0 Å². The lowest BCUT2D eigenvalue weighted by Crippen LogP contribution is -2.40. The van der Waals surface area contributed by atoms with Crippen LogP contribution in [0.5, 0.6) is 0 Å². The predicted molar refractivity (Wildman–Crippen MR) is 162 cm³/mol. The van der Waals surface area contributed by atoms with Gasteiger partial charge in [-0.2, -0.15) is 0 Å². The van der Waals surface area contributed by atoms with Crippen LogP contribution < -0.4 is 10.9 Å². The number of carbonyl (C=O) groups excluding carboxylic acids is 2. The maximum Gasteiger partial charge on any atom is 0.261 e. The number of pyridine rings is 1. The van der Waals surface area contributed by atoms with Gasteiger partial charge in [-0.15, -0.1) is 0 Å². The van der Waals surface area contributed by atoms with Gasteiger partial charge in [-0.05, 0) is 66.5 Å². The Morgan fingerprint density at radius 3 is 2.48 bits per heavy atom. The number of ketones is 1. The fraction of sp³-hybridized carbons (Fsp3) is 0.441. The summed E-state index contributed by atoms with van der Waals surface area (Å²) in [6.07, 6.45) is 2.57. The number of alkyl halides is 2. The highest BCUT2D eigenvalue weighted by molar-refractivity contribution is 5.83. The van der Waals surface area contributed by atoms with E-state index in [0.29, 0.717) is 25.9 Å². The van der Waals surface area contributed by atoms with E-state index in [1.807, 2.05) is 69.3 Å². The fourth-order valence-electron chi connectivity index (χ4n) is 5.65. The van der Waals surface area contributed by atoms with Gasteiger partial charge in [0.05, 0.1) is 12.6 Å². The molecule has 224 valence electrons. The molecule has 1 amide bonds. The maximum atomic E-state index is 13.9. The maximum absolute atomic E-state index is 13.9. The number of nitrogens with zero attached hydrogens (tertiary/aromatic N) is 2. The van der Waals surface area contributed by atoms with E-state index in [1.54, 1.807) is 17.2 Å². The fourth-order valence-corrected chi connectivity index (χ4v) is 5.65. The minimum absolute atomic E-state index is 0.0614. The average molecular weight is 578 g/mol. The Labute approximate surface area is 246 Å². The highest BCUT2D eigenvalue weighted by Gasteiger charge is 2.37. The van der Waals surface area contributed by atoms with Gasteiger partial charge in [-0.1, -0.05) is 62.4 Å². The molecule has 1 aliphatic rings. The molecule has 1 aliphatic heterocycles. The summed E-state index contributed by atoms with van der Waals surface area (Å²) in [5.74, 6) is -2.95. The van der Waals surface area contributed by atoms with Crippen LogP contribution in [0.15, 0.2) is 71.7 Å². The van der Waals surface area contributed by atoms with Crippen molar-refractivity contribution >= 4 is 11.7 Å². The summed E-state index contributed by atoms with van der Waals surface area (Å²) in [5, 5.41) is 3.08. The largest absolute Gasteiger partial charge is 0.347 e. The van der Waals surface area contributed by atoms with Gasteiger partial charge in [-0.3, -0.25) is 19.3 Å². The standard InChI is InChI=1S/C34H41F2N3O3/c1-23(2)18-31(39-21-26(12-13-32(39)41)14-16-38-17-15-34(35,36)22-38)33(42)37-30(19-25(4)40)28-10-7-9-27(20-28)29-11-6-5-8-24(29)3/h5-13,20-21,23,30-31H,14-19,22H2,1-4H3,(H,37,42)/t30-,31-/m0/s1. The number of Topliss-reactive ketones (excluding diaryl/α,β-unsaturated/α-hetero) is 1. The van der Waals surface area contributed by atoms with Crippen LogP contribution in [0.4, 0.5) is 8.78 Å². The molecule has 1 N–H and O–H groups in total. The van der Waals surface area contributed by atoms with Crippen molar-refractivity contribution in [3.8, 4) is 11.1 Å². The SMILES string of the molecule is CC(=O)C[C@H](NC(=O)[C@H](CC(C)C)n1cc(CCN2CCC(F)(F)C2)ccc1=O)c1cccc(-c2ccccc2C)c1. The first kappa shape index (κ1) is 31.3. The summed E-state index contributed by atoms with van der Waals surface area (Å²) in [4.78, 5) is 40.9. The molecule has 2 heterocycles. The number of halogens is 2. The van der Waals surface area contributed by atoms with Crippen molar-refractivity contribution in [2.75, 3.05) is 19.6 Å². The number of carbonyl (C=O) groups is 2. The molecule has 8 heteroatoms. The number of nitrogens with one attached hydrogen (secondary N) is 1. The monoisotopic (exact) mass is 577 g/mol. The molecular weight excluding hydrogens is 536 g/mol. The second-order valence-corrected chi connectivity index (χ2v) is 12.0. The number of hydrogen-bond acceptors (Lipinski definition) is 4. The van der Waals surface area contributed by atoms with E-state index in [4.69, 9.17) is 0 Å². The third kappa shape index (κ3) is 8.22. The second kappa shape index (κ2) is 13.6. The van der Waals surface area contributed by atoms with Gasteiger partial charge in [0.1, 0.15) is 11.8 Å². The van der Waals surface area contributed by atoms with Crippen LogP contribution in [-0.2, 0) is 16.0 Å². The Morgan fingerprint density at radius 2 is 1.81 bits per heavy atom. The molecular formula is C34H41F2N3O3. The molecule has 0 bridgehead atoms. The molecule has 1 fully saturated rings. The third-order valence-corrected chi connectivity index (χ3v) is 7.85. The molecule has 0 unspecified atom stereocenters. The summed E-state index contributed by atoms with van der Waals surface area (Å²) in [6, 6.07) is 17.7. The zero-order valence-corrected chi connectivity index (χ0v) is 24.9. The normalized spacial score (nSPS) is 16.4. The van der Waals surface area contributed by atoms with Crippen LogP contribution in [0.25, 0.3) is 11.1 Å². The van der Waals surface area contributed by atoms with Crippen LogP contribution in [-0.4, -0.2) is 46.7 Å². The molecule has 3 aromatic rings. The average Bonchev–Trinajstić information content (AvgIpc) is 3.29. The first-order valence-electron chi connectivity index (χ1n) is 14.7. The highest BCUT2D eigenvalue weighted by atomic mass is 19.3. The number of rotatable bonds is 12. The second-order valence-electron chi connectivity index (χ2n) is 12.0. The zero-order chi connectivity index (χ0) is 30.4. The minimum Gasteiger partial charge on any atom is -0.347 e. The van der Waals surface area contributed by atoms with Crippen molar-refractivity contribution < 1.29 is 18.4 Å². The van der Waals surface area contributed by atoms with E-state index in [0.717, 1.165) is 27.8 Å². The van der Waals surface area contributed by atoms with Crippen LogP contribution in [0, 0.1) is 12.8 Å². The smallest absolute Gasteiger partial charge is 0.261 e. The van der Waals surface area contributed by atoms with Crippen LogP contribution in [0.1, 0.15) is 68.8 Å². The van der Waals surface area contributed by atoms with E-state index in [-0.39, 0.29) is 42.6 Å². The van der Waals surface area contributed by atoms with Crippen molar-refractivity contribution in [2.24, 2.45) is 5.92 Å². The molecule has 2 atom stereocenters. The molecule has 6 nitrogen and oxygen atoms in total. The van der Waals surface area contributed by atoms with Crippen molar-refractivity contribution in [3.63, 3.8) is 0 Å². The van der Waals surface area contributed by atoms with Gasteiger partial charge in [0.2, 0.25) is 5.91 Å². The first-order valence-corrected chi connectivity index (χ1v) is 14.7. The first-order chi connectivity index (χ1) is 19.9. The van der Waals surface area contributed by atoms with Gasteiger partial charge < -0.3 is 9.88 Å². The lowest BCUT2D eigenvalue weighted by Gasteiger charge is -2.26. The molecule has 2 aromatic carbocycles. The van der Waals surface area contributed by atoms with Crippen LogP contribution in [0.2, 0.25) is 0 Å². The lowest BCUT2D eigenvalue weighted by atomic mass is 9.94. The van der Waals surface area contributed by atoms with E-state index in [1.165, 1.54) is 17.6 Å². The number of likely N-dealkylation sites (tertiary alicyclic amines) is 1. The van der Waals surface area contributed by atoms with Gasteiger partial charge in [-0.25, -0.2) is 8.78 Å². The summed E-state index contributed by atoms with van der Waals surface area (Å²) in [6.45, 7) is 8.05. The van der Waals surface area contributed by atoms with Crippen LogP contribution in [0.3, 0.4) is 0 Å². The number of aryl methyl sites for hydroxylation is 1. The van der Waals surface area contributed by atoms with Gasteiger partial charge in [0.15, 0.2) is 0 Å². The third-order valence-electron chi connectivity index (χ3n) is 7.85. The van der Waals surface area contributed by atoms with E-state index in [2.05, 4.69) is 5.32 Å².